The maximum absolute atomic E-state index is 14.4. The second-order valence-electron chi connectivity index (χ2n) is 10.4. The fraction of sp³-hybridized carbons (Fsp3) is 0.429. The van der Waals surface area contributed by atoms with Gasteiger partial charge in [-0.2, -0.15) is 0 Å². The van der Waals surface area contributed by atoms with Crippen molar-refractivity contribution in [1.29, 1.82) is 0 Å². The lowest BCUT2D eigenvalue weighted by Gasteiger charge is -2.25. The highest BCUT2D eigenvalue weighted by Gasteiger charge is 2.21. The van der Waals surface area contributed by atoms with Crippen molar-refractivity contribution in [3.05, 3.63) is 78.1 Å². The molecule has 0 spiro atoms. The number of hydrogen-bond donors (Lipinski definition) is 0. The predicted octanol–water partition coefficient (Wildman–Crippen LogP) is 6.42. The highest BCUT2D eigenvalue weighted by molar-refractivity contribution is 6.76. The summed E-state index contributed by atoms with van der Waals surface area (Å²) in [6, 6.07) is 15.1. The van der Waals surface area contributed by atoms with Crippen molar-refractivity contribution in [1.82, 2.24) is 9.55 Å². The largest absolute Gasteiger partial charge is 0.369 e. The smallest absolute Gasteiger partial charge is 0.261 e. The van der Waals surface area contributed by atoms with Crippen LogP contribution in [0.25, 0.3) is 0 Å². The SMILES string of the molecule is CCCCN(C(=O)c1ccccc1F)c1cccc(N(C)Cc2cn(COCC[Si](C)(C)C)cn2)c1. The van der Waals surface area contributed by atoms with Gasteiger partial charge in [0.15, 0.2) is 0 Å². The van der Waals surface area contributed by atoms with Crippen LogP contribution >= 0.6 is 0 Å². The van der Waals surface area contributed by atoms with Crippen LogP contribution in [0.1, 0.15) is 35.8 Å². The quantitative estimate of drug-likeness (QED) is 0.197. The second kappa shape index (κ2) is 12.8. The molecule has 8 heteroatoms. The molecule has 0 saturated heterocycles. The van der Waals surface area contributed by atoms with E-state index in [1.807, 2.05) is 42.1 Å². The van der Waals surface area contributed by atoms with Gasteiger partial charge in [-0.1, -0.05) is 51.2 Å². The molecular formula is C28H39FN4O2Si. The number of carbonyl (C=O) groups is 1. The lowest BCUT2D eigenvalue weighted by atomic mass is 10.1. The Labute approximate surface area is 215 Å². The third-order valence-corrected chi connectivity index (χ3v) is 7.69. The summed E-state index contributed by atoms with van der Waals surface area (Å²) in [5.41, 5.74) is 2.73. The number of benzene rings is 2. The minimum absolute atomic E-state index is 0.0879. The topological polar surface area (TPSA) is 50.6 Å². The zero-order valence-corrected chi connectivity index (χ0v) is 23.2. The summed E-state index contributed by atoms with van der Waals surface area (Å²) in [4.78, 5) is 21.6. The average Bonchev–Trinajstić information content (AvgIpc) is 3.29. The summed E-state index contributed by atoms with van der Waals surface area (Å²) < 4.78 is 22.2. The molecule has 3 rings (SSSR count). The first kappa shape index (κ1) is 27.6. The van der Waals surface area contributed by atoms with E-state index in [0.717, 1.165) is 42.6 Å². The van der Waals surface area contributed by atoms with Crippen molar-refractivity contribution in [3.8, 4) is 0 Å². The van der Waals surface area contributed by atoms with Crippen LogP contribution in [-0.2, 0) is 18.0 Å². The first-order valence-electron chi connectivity index (χ1n) is 12.6. The van der Waals surface area contributed by atoms with Gasteiger partial charge in [0, 0.05) is 45.8 Å². The molecule has 0 aliphatic heterocycles. The van der Waals surface area contributed by atoms with Crippen molar-refractivity contribution in [2.45, 2.75) is 58.7 Å². The molecule has 3 aromatic rings. The molecule has 36 heavy (non-hydrogen) atoms. The summed E-state index contributed by atoms with van der Waals surface area (Å²) in [5, 5.41) is 0. The summed E-state index contributed by atoms with van der Waals surface area (Å²) in [5.74, 6) is -0.827. The number of ether oxygens (including phenoxy) is 1. The number of anilines is 2. The summed E-state index contributed by atoms with van der Waals surface area (Å²) >= 11 is 0. The molecule has 1 heterocycles. The number of hydrogen-bond acceptors (Lipinski definition) is 4. The van der Waals surface area contributed by atoms with Crippen LogP contribution < -0.4 is 9.80 Å². The molecule has 2 aromatic carbocycles. The molecule has 194 valence electrons. The Morgan fingerprint density at radius 3 is 2.58 bits per heavy atom. The molecule has 6 nitrogen and oxygen atoms in total. The molecule has 0 bridgehead atoms. The van der Waals surface area contributed by atoms with Crippen LogP contribution in [0, 0.1) is 5.82 Å². The van der Waals surface area contributed by atoms with Gasteiger partial charge in [-0.05, 0) is 42.8 Å². The van der Waals surface area contributed by atoms with E-state index in [0.29, 0.717) is 19.8 Å². The maximum Gasteiger partial charge on any atom is 0.261 e. The van der Waals surface area contributed by atoms with E-state index in [9.17, 15) is 9.18 Å². The van der Waals surface area contributed by atoms with E-state index >= 15 is 0 Å². The fourth-order valence-corrected chi connectivity index (χ4v) is 4.54. The molecular weight excluding hydrogens is 471 g/mol. The first-order chi connectivity index (χ1) is 17.2. The van der Waals surface area contributed by atoms with Gasteiger partial charge in [-0.3, -0.25) is 4.79 Å². The van der Waals surface area contributed by atoms with Crippen molar-refractivity contribution in [3.63, 3.8) is 0 Å². The fourth-order valence-electron chi connectivity index (χ4n) is 3.78. The van der Waals surface area contributed by atoms with Crippen LogP contribution in [0.4, 0.5) is 15.8 Å². The minimum Gasteiger partial charge on any atom is -0.369 e. The number of carbonyl (C=O) groups excluding carboxylic acids is 1. The molecule has 0 atom stereocenters. The third-order valence-electron chi connectivity index (χ3n) is 5.99. The molecule has 0 unspecified atom stereocenters. The highest BCUT2D eigenvalue weighted by atomic mass is 28.3. The van der Waals surface area contributed by atoms with Gasteiger partial charge < -0.3 is 19.1 Å². The number of imidazole rings is 1. The Morgan fingerprint density at radius 2 is 1.86 bits per heavy atom. The molecule has 0 aliphatic rings. The molecule has 0 saturated carbocycles. The minimum atomic E-state index is -1.10. The Bertz CT molecular complexity index is 1130. The van der Waals surface area contributed by atoms with Crippen molar-refractivity contribution < 1.29 is 13.9 Å². The van der Waals surface area contributed by atoms with Crippen molar-refractivity contribution >= 4 is 25.4 Å². The van der Waals surface area contributed by atoms with Gasteiger partial charge in [0.1, 0.15) is 12.5 Å². The summed E-state index contributed by atoms with van der Waals surface area (Å²) in [7, 11) is 0.899. The zero-order valence-electron chi connectivity index (χ0n) is 22.2. The van der Waals surface area contributed by atoms with Crippen LogP contribution in [0.3, 0.4) is 0 Å². The van der Waals surface area contributed by atoms with E-state index in [1.165, 1.54) is 12.1 Å². The van der Waals surface area contributed by atoms with Crippen molar-refractivity contribution in [2.24, 2.45) is 0 Å². The molecule has 0 N–H and O–H groups in total. The van der Waals surface area contributed by atoms with E-state index in [2.05, 4.69) is 36.4 Å². The van der Waals surface area contributed by atoms with Gasteiger partial charge in [0.2, 0.25) is 0 Å². The third kappa shape index (κ3) is 8.03. The number of amides is 1. The Kier molecular flexibility index (Phi) is 9.84. The van der Waals surface area contributed by atoms with E-state index in [-0.39, 0.29) is 11.5 Å². The molecule has 1 amide bonds. The lowest BCUT2D eigenvalue weighted by molar-refractivity contribution is 0.0871. The van der Waals surface area contributed by atoms with Gasteiger partial charge >= 0.3 is 0 Å². The lowest BCUT2D eigenvalue weighted by Crippen LogP contribution is -2.32. The molecule has 0 fully saturated rings. The van der Waals surface area contributed by atoms with Crippen molar-refractivity contribution in [2.75, 3.05) is 30.0 Å². The first-order valence-corrected chi connectivity index (χ1v) is 16.3. The number of halogens is 1. The molecule has 0 radical (unpaired) electrons. The number of aromatic nitrogens is 2. The normalized spacial score (nSPS) is 11.5. The number of nitrogens with zero attached hydrogens (tertiary/aromatic N) is 4. The van der Waals surface area contributed by atoms with Crippen LogP contribution in [0.5, 0.6) is 0 Å². The van der Waals surface area contributed by atoms with E-state index < -0.39 is 13.9 Å². The van der Waals surface area contributed by atoms with Crippen LogP contribution in [0.15, 0.2) is 61.1 Å². The van der Waals surface area contributed by atoms with Crippen LogP contribution in [-0.4, -0.2) is 43.7 Å². The standard InChI is InChI=1S/C28H39FN4O2Si/c1-6-7-15-33(28(34)26-13-8-9-14-27(26)29)25-12-10-11-24(18-25)31(2)19-23-20-32(21-30-23)22-35-16-17-36(3,4)5/h8-14,18,20-21H,6-7,15-17,19,22H2,1-5H3. The maximum atomic E-state index is 14.4. The van der Waals surface area contributed by atoms with Crippen LogP contribution in [0.2, 0.25) is 25.7 Å². The number of rotatable bonds is 13. The summed E-state index contributed by atoms with van der Waals surface area (Å²) in [6.07, 6.45) is 5.57. The average molecular weight is 511 g/mol. The Morgan fingerprint density at radius 1 is 1.11 bits per heavy atom. The highest BCUT2D eigenvalue weighted by Crippen LogP contribution is 2.25. The molecule has 1 aromatic heterocycles. The second-order valence-corrected chi connectivity index (χ2v) is 16.0. The summed E-state index contributed by atoms with van der Waals surface area (Å²) in [6.45, 7) is 11.5. The molecule has 0 aliphatic carbocycles. The number of unbranched alkanes of at least 4 members (excludes halogenated alkanes) is 1. The monoisotopic (exact) mass is 510 g/mol. The van der Waals surface area contributed by atoms with Gasteiger partial charge in [-0.15, -0.1) is 0 Å². The Balaban J connectivity index is 1.68. The Hall–Kier alpha value is -2.97. The predicted molar refractivity (Wildman–Crippen MR) is 148 cm³/mol. The van der Waals surface area contributed by atoms with Gasteiger partial charge in [0.05, 0.1) is 24.1 Å². The van der Waals surface area contributed by atoms with E-state index in [4.69, 9.17) is 4.74 Å². The van der Waals surface area contributed by atoms with E-state index in [1.54, 1.807) is 23.4 Å². The zero-order chi connectivity index (χ0) is 26.1. The van der Waals surface area contributed by atoms with Gasteiger partial charge in [0.25, 0.3) is 5.91 Å². The van der Waals surface area contributed by atoms with Gasteiger partial charge in [-0.25, -0.2) is 9.37 Å².